The van der Waals surface area contributed by atoms with Crippen molar-refractivity contribution in [3.05, 3.63) is 28.1 Å². The van der Waals surface area contributed by atoms with Gasteiger partial charge in [0.15, 0.2) is 5.78 Å². The Hall–Kier alpha value is -2.22. The van der Waals surface area contributed by atoms with Gasteiger partial charge in [-0.05, 0) is 6.54 Å². The standard InChI is InChI=1S/C12H18N4O4/c1-4-15(8-12(18)14(2)3)7-11(17)10-5-9(6-13-10)16(19)20/h5-6,13H,4,7-8H2,1-3H3. The summed E-state index contributed by atoms with van der Waals surface area (Å²) in [6.45, 7) is 2.55. The van der Waals surface area contributed by atoms with Crippen molar-refractivity contribution in [2.45, 2.75) is 6.92 Å². The quantitative estimate of drug-likeness (QED) is 0.446. The molecule has 0 aliphatic heterocycles. The number of likely N-dealkylation sites (N-methyl/N-ethyl adjacent to an activating group) is 2. The first-order chi connectivity index (χ1) is 9.35. The molecule has 0 aliphatic rings. The Morgan fingerprint density at radius 3 is 2.45 bits per heavy atom. The number of amides is 1. The molecule has 1 N–H and O–H groups in total. The van der Waals surface area contributed by atoms with Crippen LogP contribution in [-0.2, 0) is 4.79 Å². The highest BCUT2D eigenvalue weighted by atomic mass is 16.6. The Morgan fingerprint density at radius 2 is 2.00 bits per heavy atom. The molecule has 0 saturated heterocycles. The molecule has 20 heavy (non-hydrogen) atoms. The predicted molar refractivity (Wildman–Crippen MR) is 72.6 cm³/mol. The average Bonchev–Trinajstić information content (AvgIpc) is 2.87. The summed E-state index contributed by atoms with van der Waals surface area (Å²) < 4.78 is 0. The van der Waals surface area contributed by atoms with Gasteiger partial charge in [-0.1, -0.05) is 6.92 Å². The third-order valence-electron chi connectivity index (χ3n) is 2.85. The van der Waals surface area contributed by atoms with Gasteiger partial charge in [-0.15, -0.1) is 0 Å². The van der Waals surface area contributed by atoms with Crippen molar-refractivity contribution in [3.63, 3.8) is 0 Å². The van der Waals surface area contributed by atoms with Crippen molar-refractivity contribution < 1.29 is 14.5 Å². The Kier molecular flexibility index (Phi) is 5.39. The number of carbonyl (C=O) groups excluding carboxylic acids is 2. The van der Waals surface area contributed by atoms with E-state index in [0.717, 1.165) is 0 Å². The first kappa shape index (κ1) is 15.8. The smallest absolute Gasteiger partial charge is 0.287 e. The van der Waals surface area contributed by atoms with E-state index in [1.54, 1.807) is 19.0 Å². The summed E-state index contributed by atoms with van der Waals surface area (Å²) in [6, 6.07) is 1.20. The van der Waals surface area contributed by atoms with E-state index in [1.807, 2.05) is 6.92 Å². The second kappa shape index (κ2) is 6.80. The number of nitrogens with zero attached hydrogens (tertiary/aromatic N) is 3. The molecule has 0 spiro atoms. The normalized spacial score (nSPS) is 10.6. The minimum atomic E-state index is -0.569. The van der Waals surface area contributed by atoms with Crippen LogP contribution in [0.2, 0.25) is 0 Å². The Bertz CT molecular complexity index is 509. The fraction of sp³-hybridized carbons (Fsp3) is 0.500. The summed E-state index contributed by atoms with van der Waals surface area (Å²) in [7, 11) is 3.29. The lowest BCUT2D eigenvalue weighted by atomic mass is 10.2. The molecule has 8 nitrogen and oxygen atoms in total. The summed E-state index contributed by atoms with van der Waals surface area (Å²) >= 11 is 0. The number of ketones is 1. The van der Waals surface area contributed by atoms with E-state index >= 15 is 0 Å². The van der Waals surface area contributed by atoms with Gasteiger partial charge in [-0.2, -0.15) is 0 Å². The zero-order chi connectivity index (χ0) is 15.3. The molecule has 0 bridgehead atoms. The van der Waals surface area contributed by atoms with Gasteiger partial charge < -0.3 is 9.88 Å². The van der Waals surface area contributed by atoms with Crippen LogP contribution in [-0.4, -0.2) is 65.1 Å². The van der Waals surface area contributed by atoms with Crippen LogP contribution in [0, 0.1) is 10.1 Å². The Labute approximate surface area is 116 Å². The summed E-state index contributed by atoms with van der Waals surface area (Å²) in [5.74, 6) is -0.386. The topological polar surface area (TPSA) is 99.5 Å². The van der Waals surface area contributed by atoms with Crippen LogP contribution < -0.4 is 0 Å². The number of H-pyrrole nitrogens is 1. The maximum Gasteiger partial charge on any atom is 0.287 e. The maximum absolute atomic E-state index is 12.0. The summed E-state index contributed by atoms with van der Waals surface area (Å²) in [5.41, 5.74) is 0.0215. The third-order valence-corrected chi connectivity index (χ3v) is 2.85. The minimum absolute atomic E-state index is 0.0355. The number of nitrogens with one attached hydrogen (secondary N) is 1. The first-order valence-electron chi connectivity index (χ1n) is 6.13. The van der Waals surface area contributed by atoms with Crippen molar-refractivity contribution in [1.29, 1.82) is 0 Å². The van der Waals surface area contributed by atoms with E-state index in [0.29, 0.717) is 6.54 Å². The molecule has 1 amide bonds. The molecule has 1 rings (SSSR count). The Balaban J connectivity index is 2.66. The molecule has 0 aliphatic carbocycles. The fourth-order valence-corrected chi connectivity index (χ4v) is 1.55. The maximum atomic E-state index is 12.0. The second-order valence-corrected chi connectivity index (χ2v) is 4.54. The number of aromatic amines is 1. The van der Waals surface area contributed by atoms with Crippen LogP contribution in [0.15, 0.2) is 12.3 Å². The van der Waals surface area contributed by atoms with Crippen LogP contribution in [0.5, 0.6) is 0 Å². The highest BCUT2D eigenvalue weighted by Crippen LogP contribution is 2.12. The van der Waals surface area contributed by atoms with Gasteiger partial charge in [-0.25, -0.2) is 0 Å². The number of hydrogen-bond donors (Lipinski definition) is 1. The lowest BCUT2D eigenvalue weighted by molar-refractivity contribution is -0.384. The lowest BCUT2D eigenvalue weighted by Gasteiger charge is -2.20. The van der Waals surface area contributed by atoms with Crippen molar-refractivity contribution >= 4 is 17.4 Å². The van der Waals surface area contributed by atoms with Crippen molar-refractivity contribution in [3.8, 4) is 0 Å². The van der Waals surface area contributed by atoms with Crippen LogP contribution in [0.1, 0.15) is 17.4 Å². The van der Waals surface area contributed by atoms with Crippen LogP contribution in [0.3, 0.4) is 0 Å². The van der Waals surface area contributed by atoms with Gasteiger partial charge in [0.1, 0.15) is 0 Å². The molecular formula is C12H18N4O4. The molecule has 1 aromatic rings. The molecule has 0 radical (unpaired) electrons. The second-order valence-electron chi connectivity index (χ2n) is 4.54. The van der Waals surface area contributed by atoms with Crippen LogP contribution in [0.4, 0.5) is 5.69 Å². The first-order valence-corrected chi connectivity index (χ1v) is 6.13. The zero-order valence-electron chi connectivity index (χ0n) is 11.8. The average molecular weight is 282 g/mol. The summed E-state index contributed by atoms with van der Waals surface area (Å²) in [5, 5.41) is 10.5. The number of Topliss-reactive ketones (excluding diaryl/α,β-unsaturated/α-hetero) is 1. The number of aromatic nitrogens is 1. The van der Waals surface area contributed by atoms with Gasteiger partial charge >= 0.3 is 0 Å². The predicted octanol–water partition coefficient (Wildman–Crippen LogP) is 0.516. The highest BCUT2D eigenvalue weighted by molar-refractivity contribution is 5.96. The molecule has 8 heteroatoms. The molecule has 1 heterocycles. The van der Waals surface area contributed by atoms with Gasteiger partial charge in [0.05, 0.1) is 29.9 Å². The molecule has 0 unspecified atom stereocenters. The number of rotatable bonds is 7. The van der Waals surface area contributed by atoms with Crippen molar-refractivity contribution in [2.75, 3.05) is 33.7 Å². The molecule has 110 valence electrons. The molecule has 0 fully saturated rings. The largest absolute Gasteiger partial charge is 0.353 e. The number of carbonyl (C=O) groups is 2. The monoisotopic (exact) mass is 282 g/mol. The molecule has 0 aromatic carbocycles. The van der Waals surface area contributed by atoms with Gasteiger partial charge in [0.25, 0.3) is 5.69 Å². The Morgan fingerprint density at radius 1 is 1.35 bits per heavy atom. The zero-order valence-corrected chi connectivity index (χ0v) is 11.8. The molecule has 0 atom stereocenters. The SMILES string of the molecule is CCN(CC(=O)c1cc([N+](=O)[O-])c[nH]1)CC(=O)N(C)C. The van der Waals surface area contributed by atoms with Crippen molar-refractivity contribution in [2.24, 2.45) is 0 Å². The molecular weight excluding hydrogens is 264 g/mol. The van der Waals surface area contributed by atoms with E-state index in [4.69, 9.17) is 0 Å². The van der Waals surface area contributed by atoms with E-state index < -0.39 is 4.92 Å². The van der Waals surface area contributed by atoms with E-state index in [-0.39, 0.29) is 36.2 Å². The molecule has 0 saturated carbocycles. The molecule has 1 aromatic heterocycles. The van der Waals surface area contributed by atoms with Gasteiger partial charge in [0.2, 0.25) is 5.91 Å². The van der Waals surface area contributed by atoms with Crippen LogP contribution in [0.25, 0.3) is 0 Å². The van der Waals surface area contributed by atoms with Gasteiger partial charge in [-0.3, -0.25) is 24.6 Å². The fourth-order valence-electron chi connectivity index (χ4n) is 1.55. The van der Waals surface area contributed by atoms with Crippen molar-refractivity contribution in [1.82, 2.24) is 14.8 Å². The van der Waals surface area contributed by atoms with Crippen LogP contribution >= 0.6 is 0 Å². The van der Waals surface area contributed by atoms with Gasteiger partial charge in [0, 0.05) is 20.2 Å². The summed E-state index contributed by atoms with van der Waals surface area (Å²) in [4.78, 5) is 39.3. The third kappa shape index (κ3) is 4.16. The summed E-state index contributed by atoms with van der Waals surface area (Å²) in [6.07, 6.45) is 1.18. The minimum Gasteiger partial charge on any atom is -0.353 e. The van der Waals surface area contributed by atoms with E-state index in [1.165, 1.54) is 17.2 Å². The highest BCUT2D eigenvalue weighted by Gasteiger charge is 2.18. The number of hydrogen-bond acceptors (Lipinski definition) is 5. The van der Waals surface area contributed by atoms with E-state index in [9.17, 15) is 19.7 Å². The number of nitro groups is 1. The van der Waals surface area contributed by atoms with E-state index in [2.05, 4.69) is 4.98 Å². The lowest BCUT2D eigenvalue weighted by Crippen LogP contribution is -2.39.